The Morgan fingerprint density at radius 1 is 1.06 bits per heavy atom. The molecule has 2 rings (SSSR count). The molecule has 0 amide bonds. The first kappa shape index (κ1) is 12.8. The van der Waals surface area contributed by atoms with E-state index < -0.39 is 0 Å². The van der Waals surface area contributed by atoms with E-state index in [0.29, 0.717) is 0 Å². The minimum atomic E-state index is 0.765. The van der Waals surface area contributed by atoms with E-state index in [1.165, 1.54) is 4.90 Å². The Bertz CT molecular complexity index is 466. The lowest BCUT2D eigenvalue weighted by Gasteiger charge is -2.12. The number of thioether (sulfide) groups is 1. The largest absolute Gasteiger partial charge is 0.496 e. The standard InChI is InChI=1S/C15H17NOS/c1-17-14-9-5-3-7-12(14)11-16-13-8-4-6-10-15(13)18-2/h3-10,16H,11H2,1-2H3. The molecule has 1 N–H and O–H groups in total. The summed E-state index contributed by atoms with van der Waals surface area (Å²) in [6.45, 7) is 0.765. The number of ether oxygens (including phenoxy) is 1. The van der Waals surface area contributed by atoms with E-state index in [-0.39, 0.29) is 0 Å². The molecule has 0 fully saturated rings. The van der Waals surface area contributed by atoms with Gasteiger partial charge in [-0.15, -0.1) is 11.8 Å². The summed E-state index contributed by atoms with van der Waals surface area (Å²) in [5.74, 6) is 0.923. The van der Waals surface area contributed by atoms with Crippen LogP contribution in [0, 0.1) is 0 Å². The summed E-state index contributed by atoms with van der Waals surface area (Å²) in [4.78, 5) is 1.26. The van der Waals surface area contributed by atoms with Gasteiger partial charge >= 0.3 is 0 Å². The fraction of sp³-hybridized carbons (Fsp3) is 0.200. The molecule has 0 aliphatic carbocycles. The quantitative estimate of drug-likeness (QED) is 0.819. The molecule has 0 atom stereocenters. The monoisotopic (exact) mass is 259 g/mol. The summed E-state index contributed by atoms with van der Waals surface area (Å²) in [6.07, 6.45) is 2.09. The SMILES string of the molecule is COc1ccccc1CNc1ccccc1SC. The Labute approximate surface area is 112 Å². The molecule has 0 radical (unpaired) electrons. The van der Waals surface area contributed by atoms with Gasteiger partial charge in [0.15, 0.2) is 0 Å². The van der Waals surface area contributed by atoms with Gasteiger partial charge in [0, 0.05) is 22.7 Å². The second kappa shape index (κ2) is 6.36. The highest BCUT2D eigenvalue weighted by atomic mass is 32.2. The van der Waals surface area contributed by atoms with Crippen LogP contribution < -0.4 is 10.1 Å². The van der Waals surface area contributed by atoms with E-state index in [2.05, 4.69) is 35.8 Å². The van der Waals surface area contributed by atoms with Crippen LogP contribution in [-0.2, 0) is 6.54 Å². The normalized spacial score (nSPS) is 10.1. The van der Waals surface area contributed by atoms with Crippen molar-refractivity contribution in [3.05, 3.63) is 54.1 Å². The van der Waals surface area contributed by atoms with E-state index in [0.717, 1.165) is 23.5 Å². The van der Waals surface area contributed by atoms with Crippen LogP contribution in [0.5, 0.6) is 5.75 Å². The van der Waals surface area contributed by atoms with Gasteiger partial charge in [-0.3, -0.25) is 0 Å². The fourth-order valence-electron chi connectivity index (χ4n) is 1.83. The Kier molecular flexibility index (Phi) is 4.53. The maximum Gasteiger partial charge on any atom is 0.123 e. The maximum atomic E-state index is 5.35. The molecule has 2 aromatic carbocycles. The van der Waals surface area contributed by atoms with Crippen LogP contribution in [0.1, 0.15) is 5.56 Å². The lowest BCUT2D eigenvalue weighted by molar-refractivity contribution is 0.410. The van der Waals surface area contributed by atoms with Gasteiger partial charge in [0.25, 0.3) is 0 Å². The van der Waals surface area contributed by atoms with Crippen molar-refractivity contribution in [2.45, 2.75) is 11.4 Å². The van der Waals surface area contributed by atoms with E-state index >= 15 is 0 Å². The summed E-state index contributed by atoms with van der Waals surface area (Å²) in [5.41, 5.74) is 2.33. The van der Waals surface area contributed by atoms with Gasteiger partial charge in [-0.05, 0) is 24.5 Å². The van der Waals surface area contributed by atoms with E-state index in [9.17, 15) is 0 Å². The van der Waals surface area contributed by atoms with E-state index in [1.54, 1.807) is 18.9 Å². The van der Waals surface area contributed by atoms with Gasteiger partial charge in [-0.2, -0.15) is 0 Å². The predicted octanol–water partition coefficient (Wildman–Crippen LogP) is 4.03. The zero-order valence-electron chi connectivity index (χ0n) is 10.6. The second-order valence-electron chi connectivity index (χ2n) is 3.87. The van der Waals surface area contributed by atoms with Crippen LogP contribution in [0.25, 0.3) is 0 Å². The molecule has 3 heteroatoms. The van der Waals surface area contributed by atoms with E-state index in [1.807, 2.05) is 24.3 Å². The first-order valence-corrected chi connectivity index (χ1v) is 7.06. The van der Waals surface area contributed by atoms with Gasteiger partial charge in [0.1, 0.15) is 5.75 Å². The minimum absolute atomic E-state index is 0.765. The highest BCUT2D eigenvalue weighted by molar-refractivity contribution is 7.98. The Morgan fingerprint density at radius 2 is 1.78 bits per heavy atom. The summed E-state index contributed by atoms with van der Waals surface area (Å²) >= 11 is 1.75. The van der Waals surface area contributed by atoms with Gasteiger partial charge in [0.2, 0.25) is 0 Å². The Hall–Kier alpha value is -1.61. The van der Waals surface area contributed by atoms with Crippen molar-refractivity contribution in [3.63, 3.8) is 0 Å². The van der Waals surface area contributed by atoms with Gasteiger partial charge < -0.3 is 10.1 Å². The Balaban J connectivity index is 2.11. The average Bonchev–Trinajstić information content (AvgIpc) is 2.45. The van der Waals surface area contributed by atoms with Crippen molar-refractivity contribution in [2.75, 3.05) is 18.7 Å². The van der Waals surface area contributed by atoms with Crippen molar-refractivity contribution in [3.8, 4) is 5.75 Å². The molecule has 0 aliphatic heterocycles. The molecule has 0 saturated carbocycles. The van der Waals surface area contributed by atoms with E-state index in [4.69, 9.17) is 4.74 Å². The van der Waals surface area contributed by atoms with Gasteiger partial charge in [0.05, 0.1) is 7.11 Å². The van der Waals surface area contributed by atoms with Crippen LogP contribution in [0.3, 0.4) is 0 Å². The number of para-hydroxylation sites is 2. The lowest BCUT2D eigenvalue weighted by Crippen LogP contribution is -2.02. The van der Waals surface area contributed by atoms with Crippen molar-refractivity contribution < 1.29 is 4.74 Å². The van der Waals surface area contributed by atoms with Crippen molar-refractivity contribution >= 4 is 17.4 Å². The topological polar surface area (TPSA) is 21.3 Å². The highest BCUT2D eigenvalue weighted by Gasteiger charge is 2.03. The van der Waals surface area contributed by atoms with Crippen molar-refractivity contribution in [1.29, 1.82) is 0 Å². The molecule has 0 saturated heterocycles. The van der Waals surface area contributed by atoms with Gasteiger partial charge in [-0.25, -0.2) is 0 Å². The van der Waals surface area contributed by atoms with Gasteiger partial charge in [-0.1, -0.05) is 30.3 Å². The third kappa shape index (κ3) is 2.99. The van der Waals surface area contributed by atoms with Crippen LogP contribution in [-0.4, -0.2) is 13.4 Å². The molecular weight excluding hydrogens is 242 g/mol. The minimum Gasteiger partial charge on any atom is -0.496 e. The zero-order valence-corrected chi connectivity index (χ0v) is 11.5. The molecule has 0 unspecified atom stereocenters. The first-order chi connectivity index (χ1) is 8.85. The number of hydrogen-bond acceptors (Lipinski definition) is 3. The summed E-state index contributed by atoms with van der Waals surface area (Å²) in [7, 11) is 1.70. The molecule has 0 aliphatic rings. The van der Waals surface area contributed by atoms with Crippen LogP contribution >= 0.6 is 11.8 Å². The molecule has 0 heterocycles. The first-order valence-electron chi connectivity index (χ1n) is 5.84. The maximum absolute atomic E-state index is 5.35. The smallest absolute Gasteiger partial charge is 0.123 e. The van der Waals surface area contributed by atoms with Crippen LogP contribution in [0.15, 0.2) is 53.4 Å². The average molecular weight is 259 g/mol. The summed E-state index contributed by atoms with van der Waals surface area (Å²) in [5, 5.41) is 3.45. The molecule has 2 aromatic rings. The lowest BCUT2D eigenvalue weighted by atomic mass is 10.2. The Morgan fingerprint density at radius 3 is 2.56 bits per heavy atom. The third-order valence-corrected chi connectivity index (χ3v) is 3.56. The molecule has 94 valence electrons. The number of hydrogen-bond donors (Lipinski definition) is 1. The highest BCUT2D eigenvalue weighted by Crippen LogP contribution is 2.26. The molecule has 0 bridgehead atoms. The molecule has 18 heavy (non-hydrogen) atoms. The zero-order chi connectivity index (χ0) is 12.8. The number of rotatable bonds is 5. The number of benzene rings is 2. The number of anilines is 1. The van der Waals surface area contributed by atoms with Crippen molar-refractivity contribution in [1.82, 2.24) is 0 Å². The molecule has 0 aromatic heterocycles. The van der Waals surface area contributed by atoms with Crippen molar-refractivity contribution in [2.24, 2.45) is 0 Å². The predicted molar refractivity (Wildman–Crippen MR) is 78.5 cm³/mol. The summed E-state index contributed by atoms with van der Waals surface area (Å²) < 4.78 is 5.35. The molecule has 0 spiro atoms. The fourth-order valence-corrected chi connectivity index (χ4v) is 2.40. The molecular formula is C15H17NOS. The third-order valence-electron chi connectivity index (χ3n) is 2.77. The summed E-state index contributed by atoms with van der Waals surface area (Å²) in [6, 6.07) is 16.4. The second-order valence-corrected chi connectivity index (χ2v) is 4.71. The van der Waals surface area contributed by atoms with Crippen LogP contribution in [0.2, 0.25) is 0 Å². The number of nitrogens with one attached hydrogen (secondary N) is 1. The number of methoxy groups -OCH3 is 1. The molecule has 2 nitrogen and oxygen atoms in total. The van der Waals surface area contributed by atoms with Crippen LogP contribution in [0.4, 0.5) is 5.69 Å².